The smallest absolute Gasteiger partial charge is 0.341 e. The fourth-order valence-electron chi connectivity index (χ4n) is 6.04. The van der Waals surface area contributed by atoms with Crippen LogP contribution in [-0.2, 0) is 28.7 Å². The van der Waals surface area contributed by atoms with Crippen LogP contribution in [0.15, 0.2) is 54.9 Å². The van der Waals surface area contributed by atoms with Crippen LogP contribution >= 0.6 is 0 Å². The van der Waals surface area contributed by atoms with E-state index in [2.05, 4.69) is 39.5 Å². The molecule has 0 amide bonds. The lowest BCUT2D eigenvalue weighted by atomic mass is 9.86. The number of pyridine rings is 2. The minimum atomic E-state index is -0.669. The van der Waals surface area contributed by atoms with Gasteiger partial charge < -0.3 is 15.0 Å². The third-order valence-corrected chi connectivity index (χ3v) is 8.21. The van der Waals surface area contributed by atoms with Gasteiger partial charge >= 0.3 is 5.97 Å². The zero-order valence-corrected chi connectivity index (χ0v) is 19.4. The third-order valence-electron chi connectivity index (χ3n) is 8.21. The Morgan fingerprint density at radius 2 is 1.89 bits per heavy atom. The summed E-state index contributed by atoms with van der Waals surface area (Å²) in [5.41, 5.74) is 3.69. The zero-order valence-electron chi connectivity index (χ0n) is 19.4. The van der Waals surface area contributed by atoms with Crippen LogP contribution in [0.2, 0.25) is 0 Å². The molecule has 35 heavy (non-hydrogen) atoms. The predicted octanol–water partition coefficient (Wildman–Crippen LogP) is 3.31. The number of fused-ring (bicyclic) bond motifs is 3. The molecule has 1 N–H and O–H groups in total. The summed E-state index contributed by atoms with van der Waals surface area (Å²) in [5, 5.41) is 3.28. The Morgan fingerprint density at radius 3 is 2.63 bits per heavy atom. The van der Waals surface area contributed by atoms with Crippen molar-refractivity contribution < 1.29 is 14.3 Å². The average Bonchev–Trinajstić information content (AvgIpc) is 3.50. The van der Waals surface area contributed by atoms with Gasteiger partial charge in [0.1, 0.15) is 11.5 Å². The maximum Gasteiger partial charge on any atom is 0.341 e. The molecule has 2 aromatic heterocycles. The number of hydrogen-bond donors (Lipinski definition) is 1. The number of carbonyl (C=O) groups excluding carboxylic acids is 2. The number of ether oxygens (including phenoxy) is 1. The summed E-state index contributed by atoms with van der Waals surface area (Å²) in [4.78, 5) is 38.2. The molecule has 5 heterocycles. The lowest BCUT2D eigenvalue weighted by molar-refractivity contribution is 0.00158. The number of nitrogens with zero attached hydrogens (tertiary/aromatic N) is 3. The van der Waals surface area contributed by atoms with Gasteiger partial charge in [-0.3, -0.25) is 9.78 Å². The van der Waals surface area contributed by atoms with Gasteiger partial charge in [0.15, 0.2) is 11.4 Å². The van der Waals surface area contributed by atoms with Crippen LogP contribution in [0.3, 0.4) is 0 Å². The normalized spacial score (nSPS) is 23.7. The molecule has 1 aromatic carbocycles. The van der Waals surface area contributed by atoms with Crippen LogP contribution in [0.25, 0.3) is 0 Å². The number of rotatable bonds is 4. The maximum atomic E-state index is 13.8. The molecule has 1 saturated carbocycles. The first-order chi connectivity index (χ1) is 17.1. The number of anilines is 1. The number of benzene rings is 1. The first kappa shape index (κ1) is 20.8. The Hall–Kier alpha value is -3.58. The van der Waals surface area contributed by atoms with Crippen molar-refractivity contribution in [1.82, 2.24) is 15.3 Å². The quantitative estimate of drug-likeness (QED) is 0.466. The summed E-state index contributed by atoms with van der Waals surface area (Å²) in [6.45, 7) is 3.11. The first-order valence-corrected chi connectivity index (χ1v) is 12.4. The third kappa shape index (κ3) is 3.07. The van der Waals surface area contributed by atoms with E-state index >= 15 is 0 Å². The second kappa shape index (κ2) is 7.46. The number of Topliss-reactive ketones (excluding diaryl/α,β-unsaturated/α-hetero) is 1. The van der Waals surface area contributed by atoms with E-state index in [4.69, 9.17) is 9.72 Å². The highest BCUT2D eigenvalue weighted by molar-refractivity contribution is 6.12. The number of carbonyl (C=O) groups is 2. The molecule has 1 spiro atoms. The Morgan fingerprint density at radius 1 is 1.03 bits per heavy atom. The van der Waals surface area contributed by atoms with Crippen LogP contribution in [0, 0.1) is 0 Å². The predicted molar refractivity (Wildman–Crippen MR) is 129 cm³/mol. The molecule has 7 nitrogen and oxygen atoms in total. The Labute approximate surface area is 203 Å². The second-order valence-corrected chi connectivity index (χ2v) is 10.1. The van der Waals surface area contributed by atoms with E-state index in [1.54, 1.807) is 6.20 Å². The molecule has 1 aliphatic carbocycles. The van der Waals surface area contributed by atoms with Crippen molar-refractivity contribution in [2.75, 3.05) is 24.5 Å². The van der Waals surface area contributed by atoms with Crippen molar-refractivity contribution in [1.29, 1.82) is 0 Å². The van der Waals surface area contributed by atoms with Gasteiger partial charge in [-0.2, -0.15) is 0 Å². The molecular formula is C28H26N4O3. The summed E-state index contributed by atoms with van der Waals surface area (Å²) in [6, 6.07) is 14.4. The summed E-state index contributed by atoms with van der Waals surface area (Å²) >= 11 is 0. The molecule has 1 atom stereocenters. The topological polar surface area (TPSA) is 84.4 Å². The van der Waals surface area contributed by atoms with E-state index < -0.39 is 17.0 Å². The average molecular weight is 467 g/mol. The largest absolute Gasteiger partial charge is 0.449 e. The summed E-state index contributed by atoms with van der Waals surface area (Å²) in [6.07, 6.45) is 6.65. The van der Waals surface area contributed by atoms with E-state index in [1.165, 1.54) is 11.1 Å². The van der Waals surface area contributed by atoms with E-state index in [1.807, 2.05) is 24.4 Å². The molecule has 0 bridgehead atoms. The van der Waals surface area contributed by atoms with Crippen LogP contribution in [0.5, 0.6) is 0 Å². The van der Waals surface area contributed by atoms with Gasteiger partial charge in [-0.05, 0) is 54.6 Å². The van der Waals surface area contributed by atoms with E-state index in [9.17, 15) is 9.59 Å². The molecule has 1 saturated heterocycles. The van der Waals surface area contributed by atoms with E-state index in [-0.39, 0.29) is 11.5 Å². The van der Waals surface area contributed by atoms with Crippen LogP contribution in [0.1, 0.15) is 62.4 Å². The fraction of sp³-hybridized carbons (Fsp3) is 0.357. The lowest BCUT2D eigenvalue weighted by Crippen LogP contribution is -2.31. The van der Waals surface area contributed by atoms with Crippen LogP contribution in [-0.4, -0.2) is 41.4 Å². The molecule has 3 aromatic rings. The highest BCUT2D eigenvalue weighted by Crippen LogP contribution is 2.52. The van der Waals surface area contributed by atoms with Crippen molar-refractivity contribution in [3.63, 3.8) is 0 Å². The van der Waals surface area contributed by atoms with Gasteiger partial charge in [-0.1, -0.05) is 30.3 Å². The standard InChI is InChI=1S/C28H26N4O3/c33-25(24-23-21(7-12-30-24)28(35-26(23)34)11-13-29-17-28)27(9-10-27)20-5-6-22(31-15-20)32-14-8-18-3-1-2-4-19(18)16-32/h1-7,12,15,29H,8-11,13-14,16-17H2/t28-/m0/s1. The zero-order chi connectivity index (χ0) is 23.6. The van der Waals surface area contributed by atoms with Gasteiger partial charge in [-0.15, -0.1) is 0 Å². The van der Waals surface area contributed by atoms with Crippen molar-refractivity contribution in [3.8, 4) is 0 Å². The van der Waals surface area contributed by atoms with Gasteiger partial charge in [0, 0.05) is 44.0 Å². The van der Waals surface area contributed by atoms with E-state index in [0.29, 0.717) is 18.5 Å². The molecule has 7 rings (SSSR count). The molecule has 0 unspecified atom stereocenters. The summed E-state index contributed by atoms with van der Waals surface area (Å²) in [5.74, 6) is 0.384. The lowest BCUT2D eigenvalue weighted by Gasteiger charge is -2.30. The van der Waals surface area contributed by atoms with Crippen molar-refractivity contribution in [3.05, 3.63) is 88.4 Å². The van der Waals surface area contributed by atoms with Crippen molar-refractivity contribution >= 4 is 17.6 Å². The van der Waals surface area contributed by atoms with E-state index in [0.717, 1.165) is 55.8 Å². The Bertz CT molecular complexity index is 1360. The van der Waals surface area contributed by atoms with Crippen molar-refractivity contribution in [2.24, 2.45) is 0 Å². The fourth-order valence-corrected chi connectivity index (χ4v) is 6.04. The minimum absolute atomic E-state index is 0.101. The molecule has 2 fully saturated rings. The van der Waals surface area contributed by atoms with Crippen LogP contribution < -0.4 is 10.2 Å². The monoisotopic (exact) mass is 466 g/mol. The second-order valence-electron chi connectivity index (χ2n) is 10.1. The Kier molecular flexibility index (Phi) is 4.42. The number of ketones is 1. The highest BCUT2D eigenvalue weighted by atomic mass is 16.6. The number of aromatic nitrogens is 2. The first-order valence-electron chi connectivity index (χ1n) is 12.4. The molecule has 0 radical (unpaired) electrons. The SMILES string of the molecule is O=C1O[C@]2(CCNC2)c2ccnc(C(=O)C3(c4ccc(N5CCc6ccccc6C5)nc4)CC3)c21. The number of hydrogen-bond acceptors (Lipinski definition) is 7. The molecule has 3 aliphatic heterocycles. The van der Waals surface area contributed by atoms with Gasteiger partial charge in [-0.25, -0.2) is 9.78 Å². The number of nitrogens with one attached hydrogen (secondary N) is 1. The minimum Gasteiger partial charge on any atom is -0.449 e. The van der Waals surface area contributed by atoms with Gasteiger partial charge in [0.25, 0.3) is 0 Å². The number of esters is 1. The molecule has 176 valence electrons. The summed E-state index contributed by atoms with van der Waals surface area (Å²) in [7, 11) is 0. The van der Waals surface area contributed by atoms with Gasteiger partial charge in [0.05, 0.1) is 11.0 Å². The summed E-state index contributed by atoms with van der Waals surface area (Å²) < 4.78 is 5.81. The molecule has 7 heteroatoms. The maximum absolute atomic E-state index is 13.8. The highest BCUT2D eigenvalue weighted by Gasteiger charge is 2.55. The van der Waals surface area contributed by atoms with Crippen LogP contribution in [0.4, 0.5) is 5.82 Å². The van der Waals surface area contributed by atoms with Gasteiger partial charge in [0.2, 0.25) is 0 Å². The van der Waals surface area contributed by atoms with Crippen molar-refractivity contribution in [2.45, 2.75) is 43.2 Å². The Balaban J connectivity index is 1.18. The molecular weight excluding hydrogens is 440 g/mol. The molecule has 4 aliphatic rings.